The molecule has 0 saturated carbocycles. The van der Waals surface area contributed by atoms with Gasteiger partial charge in [-0.05, 0) is 38.3 Å². The smallest absolute Gasteiger partial charge is 0.115 e. The van der Waals surface area contributed by atoms with Gasteiger partial charge in [0.05, 0.1) is 0 Å². The molecule has 2 aliphatic heterocycles. The summed E-state index contributed by atoms with van der Waals surface area (Å²) in [6.07, 6.45) is 5.38. The maximum atomic E-state index is 3.96. The van der Waals surface area contributed by atoms with Gasteiger partial charge in [-0.15, -0.1) is 0 Å². The van der Waals surface area contributed by atoms with Gasteiger partial charge in [-0.25, -0.2) is 0 Å². The monoisotopic (exact) mass is 344 g/mol. The molecule has 2 aliphatic rings. The number of rotatable bonds is 6. The van der Waals surface area contributed by atoms with Gasteiger partial charge in [0.1, 0.15) is 6.29 Å². The summed E-state index contributed by atoms with van der Waals surface area (Å²) in [7, 11) is 0. The summed E-state index contributed by atoms with van der Waals surface area (Å²) in [5, 5.41) is 7.66. The van der Waals surface area contributed by atoms with Gasteiger partial charge in [-0.2, -0.15) is 0 Å². The second-order valence-corrected chi connectivity index (χ2v) is 7.94. The third kappa shape index (κ3) is 4.82. The Morgan fingerprint density at radius 1 is 1.16 bits per heavy atom. The van der Waals surface area contributed by atoms with E-state index in [1.807, 2.05) is 0 Å². The maximum Gasteiger partial charge on any atom is 0.115 e. The quantitative estimate of drug-likeness (QED) is 0.831. The fourth-order valence-electron chi connectivity index (χ4n) is 4.46. The Kier molecular flexibility index (Phi) is 6.50. The number of benzene rings is 1. The summed E-state index contributed by atoms with van der Waals surface area (Å²) >= 11 is 0. The SMILES string of the molecule is CCCC1(CC)CCNC(N2CCN(Cc3cccc(C)c3)CC2)N1. The predicted octanol–water partition coefficient (Wildman–Crippen LogP) is 2.93. The third-order valence-corrected chi connectivity index (χ3v) is 6.05. The van der Waals surface area contributed by atoms with E-state index in [-0.39, 0.29) is 0 Å². The van der Waals surface area contributed by atoms with Crippen LogP contribution in [-0.2, 0) is 6.54 Å². The van der Waals surface area contributed by atoms with Crippen LogP contribution < -0.4 is 10.6 Å². The van der Waals surface area contributed by atoms with Crippen molar-refractivity contribution in [3.05, 3.63) is 35.4 Å². The third-order valence-electron chi connectivity index (χ3n) is 6.05. The lowest BCUT2D eigenvalue weighted by Gasteiger charge is -2.48. The predicted molar refractivity (Wildman–Crippen MR) is 106 cm³/mol. The molecule has 3 rings (SSSR count). The molecule has 2 unspecified atom stereocenters. The van der Waals surface area contributed by atoms with Crippen LogP contribution in [0.2, 0.25) is 0 Å². The van der Waals surface area contributed by atoms with E-state index in [0.29, 0.717) is 11.8 Å². The maximum absolute atomic E-state index is 3.96. The standard InChI is InChI=1S/C21H36N4/c1-4-9-21(5-2)10-11-22-20(23-21)25-14-12-24(13-15-25)17-19-8-6-7-18(3)16-19/h6-8,16,20,22-23H,4-5,9-15,17H2,1-3H3. The molecule has 0 amide bonds. The molecule has 0 radical (unpaired) electrons. The van der Waals surface area contributed by atoms with Gasteiger partial charge >= 0.3 is 0 Å². The molecule has 2 fully saturated rings. The molecular weight excluding hydrogens is 308 g/mol. The Balaban J connectivity index is 1.51. The highest BCUT2D eigenvalue weighted by Gasteiger charge is 2.36. The van der Waals surface area contributed by atoms with E-state index in [1.54, 1.807) is 0 Å². The lowest BCUT2D eigenvalue weighted by Crippen LogP contribution is -2.69. The molecule has 4 nitrogen and oxygen atoms in total. The van der Waals surface area contributed by atoms with Gasteiger partial charge in [0.25, 0.3) is 0 Å². The van der Waals surface area contributed by atoms with Crippen molar-refractivity contribution >= 4 is 0 Å². The highest BCUT2D eigenvalue weighted by atomic mass is 15.4. The van der Waals surface area contributed by atoms with E-state index in [2.05, 4.69) is 65.5 Å². The van der Waals surface area contributed by atoms with Crippen molar-refractivity contribution in [2.75, 3.05) is 32.7 Å². The van der Waals surface area contributed by atoms with Crippen LogP contribution in [0.5, 0.6) is 0 Å². The topological polar surface area (TPSA) is 30.5 Å². The zero-order valence-corrected chi connectivity index (χ0v) is 16.4. The minimum Gasteiger partial charge on any atom is -0.297 e. The van der Waals surface area contributed by atoms with Gasteiger partial charge in [-0.1, -0.05) is 50.1 Å². The number of piperazine rings is 1. The second-order valence-electron chi connectivity index (χ2n) is 7.94. The summed E-state index contributed by atoms with van der Waals surface area (Å²) in [6.45, 7) is 13.6. The van der Waals surface area contributed by atoms with Crippen LogP contribution in [-0.4, -0.2) is 54.4 Å². The highest BCUT2D eigenvalue weighted by molar-refractivity contribution is 5.22. The number of nitrogens with one attached hydrogen (secondary N) is 2. The van der Waals surface area contributed by atoms with E-state index in [4.69, 9.17) is 0 Å². The van der Waals surface area contributed by atoms with Crippen LogP contribution in [0.3, 0.4) is 0 Å². The van der Waals surface area contributed by atoms with Crippen LogP contribution in [0.25, 0.3) is 0 Å². The number of hydrogen-bond acceptors (Lipinski definition) is 4. The Labute approximate surface area is 154 Å². The molecule has 0 aliphatic carbocycles. The zero-order chi connectivity index (χ0) is 17.7. The average Bonchev–Trinajstić information content (AvgIpc) is 2.63. The molecular formula is C21H36N4. The molecule has 1 aromatic rings. The molecule has 1 aromatic carbocycles. The minimum absolute atomic E-state index is 0.337. The Morgan fingerprint density at radius 2 is 1.96 bits per heavy atom. The summed E-state index contributed by atoms with van der Waals surface area (Å²) in [4.78, 5) is 5.19. The highest BCUT2D eigenvalue weighted by Crippen LogP contribution is 2.25. The first-order valence-electron chi connectivity index (χ1n) is 10.2. The first-order valence-corrected chi connectivity index (χ1v) is 10.2. The fourth-order valence-corrected chi connectivity index (χ4v) is 4.46. The zero-order valence-electron chi connectivity index (χ0n) is 16.4. The minimum atomic E-state index is 0.337. The van der Waals surface area contributed by atoms with Gasteiger partial charge in [-0.3, -0.25) is 20.4 Å². The summed E-state index contributed by atoms with van der Waals surface area (Å²) < 4.78 is 0. The van der Waals surface area contributed by atoms with E-state index in [0.717, 1.165) is 39.3 Å². The molecule has 2 saturated heterocycles. The summed E-state index contributed by atoms with van der Waals surface area (Å²) in [5.41, 5.74) is 3.14. The molecule has 0 bridgehead atoms. The van der Waals surface area contributed by atoms with Crippen molar-refractivity contribution in [3.8, 4) is 0 Å². The van der Waals surface area contributed by atoms with Gasteiger partial charge < -0.3 is 0 Å². The van der Waals surface area contributed by atoms with E-state index in [1.165, 1.54) is 36.8 Å². The molecule has 2 N–H and O–H groups in total. The average molecular weight is 345 g/mol. The summed E-state index contributed by atoms with van der Waals surface area (Å²) in [5.74, 6) is 0. The molecule has 140 valence electrons. The van der Waals surface area contributed by atoms with Crippen LogP contribution in [0.1, 0.15) is 50.7 Å². The largest absolute Gasteiger partial charge is 0.297 e. The van der Waals surface area contributed by atoms with Gasteiger partial charge in [0.15, 0.2) is 0 Å². The van der Waals surface area contributed by atoms with Crippen molar-refractivity contribution in [3.63, 3.8) is 0 Å². The van der Waals surface area contributed by atoms with Gasteiger partial charge in [0.2, 0.25) is 0 Å². The Hall–Kier alpha value is -0.940. The number of nitrogens with zero attached hydrogens (tertiary/aromatic N) is 2. The molecule has 2 atom stereocenters. The summed E-state index contributed by atoms with van der Waals surface area (Å²) in [6, 6.07) is 8.92. The second kappa shape index (κ2) is 8.63. The Morgan fingerprint density at radius 3 is 2.64 bits per heavy atom. The Bertz CT molecular complexity index is 534. The fraction of sp³-hybridized carbons (Fsp3) is 0.714. The molecule has 2 heterocycles. The molecule has 25 heavy (non-hydrogen) atoms. The van der Waals surface area contributed by atoms with E-state index < -0.39 is 0 Å². The van der Waals surface area contributed by atoms with E-state index in [9.17, 15) is 0 Å². The number of aryl methyl sites for hydroxylation is 1. The van der Waals surface area contributed by atoms with Crippen molar-refractivity contribution in [2.45, 2.75) is 64.8 Å². The van der Waals surface area contributed by atoms with Crippen molar-refractivity contribution in [2.24, 2.45) is 0 Å². The van der Waals surface area contributed by atoms with Crippen molar-refractivity contribution < 1.29 is 0 Å². The molecule has 0 aromatic heterocycles. The van der Waals surface area contributed by atoms with Crippen LogP contribution in [0, 0.1) is 6.92 Å². The van der Waals surface area contributed by atoms with Crippen molar-refractivity contribution in [1.29, 1.82) is 0 Å². The molecule has 4 heteroatoms. The van der Waals surface area contributed by atoms with Crippen molar-refractivity contribution in [1.82, 2.24) is 20.4 Å². The van der Waals surface area contributed by atoms with E-state index >= 15 is 0 Å². The normalized spacial score (nSPS) is 29.0. The lowest BCUT2D eigenvalue weighted by atomic mass is 9.85. The lowest BCUT2D eigenvalue weighted by molar-refractivity contribution is 0.0190. The van der Waals surface area contributed by atoms with Crippen LogP contribution >= 0.6 is 0 Å². The molecule has 0 spiro atoms. The van der Waals surface area contributed by atoms with Crippen LogP contribution in [0.4, 0.5) is 0 Å². The first-order chi connectivity index (χ1) is 12.1. The van der Waals surface area contributed by atoms with Crippen LogP contribution in [0.15, 0.2) is 24.3 Å². The van der Waals surface area contributed by atoms with Gasteiger partial charge in [0, 0.05) is 38.3 Å². The first kappa shape index (κ1) is 18.8. The number of hydrogen-bond donors (Lipinski definition) is 2.